The van der Waals surface area contributed by atoms with E-state index in [-0.39, 0.29) is 0 Å². The van der Waals surface area contributed by atoms with Gasteiger partial charge in [-0.15, -0.1) is 0 Å². The molecule has 0 radical (unpaired) electrons. The molecule has 0 atom stereocenters. The van der Waals surface area contributed by atoms with Gasteiger partial charge in [0.1, 0.15) is 0 Å². The molecule has 2 N–H and O–H groups in total. The molecule has 144 valence electrons. The molecule has 0 saturated carbocycles. The molecular weight excluding hydrogens is 352 g/mol. The maximum Gasteiger partial charge on any atom is 0.203 e. The average molecular weight is 380 g/mol. The van der Waals surface area contributed by atoms with Gasteiger partial charge in [0.25, 0.3) is 0 Å². The van der Waals surface area contributed by atoms with Crippen LogP contribution in [0, 0.1) is 6.92 Å². The summed E-state index contributed by atoms with van der Waals surface area (Å²) < 4.78 is 0. The lowest BCUT2D eigenvalue weighted by atomic mass is 9.82. The highest BCUT2D eigenvalue weighted by Crippen LogP contribution is 2.37. The van der Waals surface area contributed by atoms with Crippen LogP contribution in [0.3, 0.4) is 0 Å². The minimum absolute atomic E-state index is 1.08. The molecule has 3 aromatic carbocycles. The van der Waals surface area contributed by atoms with Crippen LogP contribution >= 0.6 is 0 Å². The fraction of sp³-hybridized carbons (Fsp3) is 0.148. The second kappa shape index (κ2) is 9.20. The molecule has 0 heterocycles. The molecule has 0 aliphatic heterocycles. The lowest BCUT2D eigenvalue weighted by Crippen LogP contribution is -2.61. The number of rotatable bonds is 5. The summed E-state index contributed by atoms with van der Waals surface area (Å²) in [6.45, 7) is 2.20. The van der Waals surface area contributed by atoms with Crippen molar-refractivity contribution in [2.45, 2.75) is 26.2 Å². The van der Waals surface area contributed by atoms with Crippen LogP contribution in [-0.2, 0) is 0 Å². The van der Waals surface area contributed by atoms with Gasteiger partial charge in [0.2, 0.25) is 5.69 Å². The van der Waals surface area contributed by atoms with Crippen molar-refractivity contribution in [2.24, 2.45) is 0 Å². The van der Waals surface area contributed by atoms with Crippen LogP contribution in [0.25, 0.3) is 5.57 Å². The van der Waals surface area contributed by atoms with Crippen LogP contribution in [0.1, 0.15) is 30.4 Å². The molecule has 0 amide bonds. The van der Waals surface area contributed by atoms with Crippen molar-refractivity contribution in [3.05, 3.63) is 113 Å². The highest BCUT2D eigenvalue weighted by atomic mass is 14.8. The SMILES string of the molecule is Cc1ccccc1C1=C(C=[NH+]c2ccccc2)CCC/C1=C\Nc1ccccc1. The van der Waals surface area contributed by atoms with E-state index in [1.54, 1.807) is 0 Å². The predicted molar refractivity (Wildman–Crippen MR) is 123 cm³/mol. The molecule has 4 rings (SSSR count). The second-order valence-corrected chi connectivity index (χ2v) is 7.40. The van der Waals surface area contributed by atoms with E-state index in [9.17, 15) is 0 Å². The summed E-state index contributed by atoms with van der Waals surface area (Å²) in [5, 5.41) is 3.50. The standard InChI is InChI=1S/C27H26N2/c1-21-11-8-9-18-26(21)27-22(19-28-24-14-4-2-5-15-24)12-10-13-23(27)20-29-25-16-6-3-7-17-25/h2-9,11,14-20,28H,10,12-13H2,1H3/p+1/b22-19+,29-20?. The Balaban J connectivity index is 1.76. The molecule has 0 fully saturated rings. The van der Waals surface area contributed by atoms with Gasteiger partial charge in [0.05, 0.1) is 0 Å². The number of para-hydroxylation sites is 2. The maximum atomic E-state index is 3.50. The van der Waals surface area contributed by atoms with Gasteiger partial charge in [-0.3, -0.25) is 0 Å². The van der Waals surface area contributed by atoms with Crippen molar-refractivity contribution in [1.29, 1.82) is 0 Å². The van der Waals surface area contributed by atoms with Crippen LogP contribution < -0.4 is 10.3 Å². The number of benzene rings is 3. The monoisotopic (exact) mass is 379 g/mol. The third-order valence-electron chi connectivity index (χ3n) is 5.32. The zero-order chi connectivity index (χ0) is 19.9. The summed E-state index contributed by atoms with van der Waals surface area (Å²) in [5.41, 5.74) is 8.91. The molecule has 0 spiro atoms. The lowest BCUT2D eigenvalue weighted by Gasteiger charge is -2.22. The Hall–Kier alpha value is -3.39. The quantitative estimate of drug-likeness (QED) is 0.570. The summed E-state index contributed by atoms with van der Waals surface area (Å²) in [6.07, 6.45) is 7.68. The molecule has 1 aliphatic rings. The Morgan fingerprint density at radius 2 is 1.48 bits per heavy atom. The van der Waals surface area contributed by atoms with Gasteiger partial charge in [-0.2, -0.15) is 0 Å². The van der Waals surface area contributed by atoms with Crippen molar-refractivity contribution in [3.8, 4) is 0 Å². The molecule has 1 aliphatic carbocycles. The highest BCUT2D eigenvalue weighted by molar-refractivity contribution is 5.96. The Labute approximate surface area is 173 Å². The summed E-state index contributed by atoms with van der Waals surface area (Å²) in [4.78, 5) is 3.50. The van der Waals surface area contributed by atoms with Gasteiger partial charge in [0.15, 0.2) is 6.21 Å². The van der Waals surface area contributed by atoms with Crippen molar-refractivity contribution in [1.82, 2.24) is 0 Å². The third kappa shape index (κ3) is 4.72. The molecule has 3 aromatic rings. The third-order valence-corrected chi connectivity index (χ3v) is 5.32. The minimum atomic E-state index is 1.08. The number of hydrogen-bond donors (Lipinski definition) is 2. The van der Waals surface area contributed by atoms with Crippen LogP contribution in [0.5, 0.6) is 0 Å². The van der Waals surface area contributed by atoms with E-state index in [1.165, 1.54) is 27.8 Å². The van der Waals surface area contributed by atoms with Gasteiger partial charge in [-0.25, -0.2) is 4.99 Å². The minimum Gasteiger partial charge on any atom is -0.361 e. The molecule has 0 aromatic heterocycles. The molecular formula is C27H27N2+. The first-order chi connectivity index (χ1) is 14.3. The fourth-order valence-corrected chi connectivity index (χ4v) is 3.82. The van der Waals surface area contributed by atoms with E-state index in [4.69, 9.17) is 0 Å². The summed E-state index contributed by atoms with van der Waals surface area (Å²) >= 11 is 0. The number of allylic oxidation sites excluding steroid dienone is 3. The van der Waals surface area contributed by atoms with Gasteiger partial charge >= 0.3 is 0 Å². The number of anilines is 1. The predicted octanol–water partition coefficient (Wildman–Crippen LogP) is 5.41. The number of hydrogen-bond acceptors (Lipinski definition) is 1. The first-order valence-corrected chi connectivity index (χ1v) is 10.3. The highest BCUT2D eigenvalue weighted by Gasteiger charge is 2.21. The summed E-state index contributed by atoms with van der Waals surface area (Å²) in [5.74, 6) is 0. The van der Waals surface area contributed by atoms with E-state index < -0.39 is 0 Å². The van der Waals surface area contributed by atoms with Crippen molar-refractivity contribution < 1.29 is 4.99 Å². The number of nitrogens with one attached hydrogen (secondary N) is 2. The van der Waals surface area contributed by atoms with Crippen LogP contribution in [0.4, 0.5) is 11.4 Å². The smallest absolute Gasteiger partial charge is 0.203 e. The maximum absolute atomic E-state index is 3.50. The first-order valence-electron chi connectivity index (χ1n) is 10.3. The molecule has 0 bridgehead atoms. The first kappa shape index (κ1) is 18.9. The van der Waals surface area contributed by atoms with E-state index in [0.29, 0.717) is 0 Å². The van der Waals surface area contributed by atoms with E-state index >= 15 is 0 Å². The second-order valence-electron chi connectivity index (χ2n) is 7.40. The van der Waals surface area contributed by atoms with Gasteiger partial charge in [-0.05, 0) is 60.6 Å². The Kier molecular flexibility index (Phi) is 6.01. The Bertz CT molecular complexity index is 1040. The molecule has 0 saturated heterocycles. The molecule has 2 heteroatoms. The topological polar surface area (TPSA) is 26.0 Å². The largest absolute Gasteiger partial charge is 0.361 e. The van der Waals surface area contributed by atoms with Gasteiger partial charge < -0.3 is 5.32 Å². The van der Waals surface area contributed by atoms with Crippen LogP contribution in [0.2, 0.25) is 0 Å². The zero-order valence-corrected chi connectivity index (χ0v) is 16.9. The van der Waals surface area contributed by atoms with E-state index in [0.717, 1.165) is 30.6 Å². The van der Waals surface area contributed by atoms with Crippen molar-refractivity contribution >= 4 is 23.2 Å². The molecule has 2 nitrogen and oxygen atoms in total. The zero-order valence-electron chi connectivity index (χ0n) is 16.9. The van der Waals surface area contributed by atoms with Gasteiger partial charge in [0, 0.05) is 29.6 Å². The van der Waals surface area contributed by atoms with Crippen LogP contribution in [0.15, 0.2) is 102 Å². The van der Waals surface area contributed by atoms with Crippen molar-refractivity contribution in [2.75, 3.05) is 5.32 Å². The average Bonchev–Trinajstić information content (AvgIpc) is 2.78. The molecule has 0 unspecified atom stereocenters. The summed E-state index contributed by atoms with van der Waals surface area (Å²) in [7, 11) is 0. The van der Waals surface area contributed by atoms with Crippen molar-refractivity contribution in [3.63, 3.8) is 0 Å². The number of aryl methyl sites for hydroxylation is 1. The Morgan fingerprint density at radius 3 is 2.24 bits per heavy atom. The normalized spacial score (nSPS) is 15.8. The Morgan fingerprint density at radius 1 is 0.793 bits per heavy atom. The molecule has 29 heavy (non-hydrogen) atoms. The van der Waals surface area contributed by atoms with E-state index in [1.807, 2.05) is 12.1 Å². The van der Waals surface area contributed by atoms with Crippen LogP contribution in [-0.4, -0.2) is 6.21 Å². The summed E-state index contributed by atoms with van der Waals surface area (Å²) in [6, 6.07) is 29.4. The van der Waals surface area contributed by atoms with E-state index in [2.05, 4.69) is 102 Å². The van der Waals surface area contributed by atoms with Gasteiger partial charge in [-0.1, -0.05) is 60.7 Å². The fourth-order valence-electron chi connectivity index (χ4n) is 3.82. The lowest BCUT2D eigenvalue weighted by molar-refractivity contribution is -0.347.